The zero-order chi connectivity index (χ0) is 23.5. The number of allylic oxidation sites excluding steroid dienone is 8. The molecule has 2 nitrogen and oxygen atoms in total. The number of fused-ring (bicyclic) bond motifs is 1. The van der Waals surface area contributed by atoms with Crippen LogP contribution in [0.25, 0.3) is 5.57 Å². The van der Waals surface area contributed by atoms with Crippen LogP contribution in [0.3, 0.4) is 0 Å². The summed E-state index contributed by atoms with van der Waals surface area (Å²) in [7, 11) is -1.85. The van der Waals surface area contributed by atoms with Gasteiger partial charge in [-0.3, -0.25) is 0 Å². The second-order valence-corrected chi connectivity index (χ2v) is 15.3. The Labute approximate surface area is 194 Å². The van der Waals surface area contributed by atoms with Gasteiger partial charge in [0.25, 0.3) is 0 Å². The first-order chi connectivity index (χ1) is 15.2. The predicted octanol–water partition coefficient (Wildman–Crippen LogP) is 7.38. The van der Waals surface area contributed by atoms with E-state index in [9.17, 15) is 10.5 Å². The van der Waals surface area contributed by atoms with Crippen LogP contribution >= 0.6 is 0 Å². The second kappa shape index (κ2) is 9.20. The van der Waals surface area contributed by atoms with Gasteiger partial charge in [-0.2, -0.15) is 10.5 Å². The van der Waals surface area contributed by atoms with Crippen LogP contribution in [0, 0.1) is 45.5 Å². The van der Waals surface area contributed by atoms with Crippen LogP contribution in [0.4, 0.5) is 0 Å². The quantitative estimate of drug-likeness (QED) is 0.365. The number of nitriles is 2. The van der Waals surface area contributed by atoms with E-state index in [4.69, 9.17) is 0 Å². The van der Waals surface area contributed by atoms with Crippen LogP contribution in [0.2, 0.25) is 16.6 Å². The minimum atomic E-state index is -1.85. The molecule has 1 atom stereocenters. The highest BCUT2D eigenvalue weighted by molar-refractivity contribution is 6.90. The largest absolute Gasteiger partial charge is 0.196 e. The van der Waals surface area contributed by atoms with Gasteiger partial charge in [0.05, 0.1) is 12.1 Å². The van der Waals surface area contributed by atoms with Gasteiger partial charge in [-0.15, -0.1) is 5.54 Å². The van der Waals surface area contributed by atoms with Gasteiger partial charge < -0.3 is 0 Å². The van der Waals surface area contributed by atoms with Crippen molar-refractivity contribution < 1.29 is 0 Å². The summed E-state index contributed by atoms with van der Waals surface area (Å²) in [4.78, 5) is 0. The van der Waals surface area contributed by atoms with E-state index >= 15 is 0 Å². The van der Waals surface area contributed by atoms with Crippen LogP contribution in [0.5, 0.6) is 0 Å². The molecule has 0 aliphatic heterocycles. The number of benzene rings is 1. The molecule has 0 aromatic heterocycles. The molecule has 3 heteroatoms. The van der Waals surface area contributed by atoms with E-state index in [1.165, 1.54) is 0 Å². The molecule has 2 aliphatic carbocycles. The van der Waals surface area contributed by atoms with Crippen LogP contribution < -0.4 is 0 Å². The minimum Gasteiger partial charge on any atom is -0.196 e. The second-order valence-electron chi connectivity index (χ2n) is 9.73. The molecule has 0 bridgehead atoms. The maximum atomic E-state index is 10.1. The summed E-state index contributed by atoms with van der Waals surface area (Å²) in [6.07, 6.45) is 10.1. The molecule has 1 aromatic rings. The molecule has 0 spiro atoms. The Balaban J connectivity index is 2.12. The lowest BCUT2D eigenvalue weighted by Gasteiger charge is -2.38. The minimum absolute atomic E-state index is 0.300. The van der Waals surface area contributed by atoms with E-state index in [2.05, 4.69) is 71.2 Å². The molecule has 32 heavy (non-hydrogen) atoms. The van der Waals surface area contributed by atoms with Gasteiger partial charge in [-0.05, 0) is 45.5 Å². The Hall–Kier alpha value is -3.06. The smallest absolute Gasteiger partial charge is 0.179 e. The molecular weight excluding hydrogens is 404 g/mol. The predicted molar refractivity (Wildman–Crippen MR) is 136 cm³/mol. The fourth-order valence-electron chi connectivity index (χ4n) is 5.58. The Bertz CT molecular complexity index is 1100. The average molecular weight is 437 g/mol. The fraction of sp³-hybridized carbons (Fsp3) is 0.379. The summed E-state index contributed by atoms with van der Waals surface area (Å²) in [6.45, 7) is 13.9. The lowest BCUT2D eigenvalue weighted by molar-refractivity contribution is 0.578. The van der Waals surface area contributed by atoms with Crippen molar-refractivity contribution in [1.29, 1.82) is 10.5 Å². The summed E-state index contributed by atoms with van der Waals surface area (Å²) < 4.78 is 0. The lowest BCUT2D eigenvalue weighted by atomic mass is 9.73. The lowest BCUT2D eigenvalue weighted by Crippen LogP contribution is -2.43. The molecule has 1 aromatic carbocycles. The van der Waals surface area contributed by atoms with Crippen molar-refractivity contribution in [3.63, 3.8) is 0 Å². The van der Waals surface area contributed by atoms with Crippen LogP contribution in [-0.2, 0) is 0 Å². The van der Waals surface area contributed by atoms with Gasteiger partial charge >= 0.3 is 0 Å². The zero-order valence-electron chi connectivity index (χ0n) is 20.0. The maximum absolute atomic E-state index is 10.1. The SMILES string of the molecule is CC(C)[Si](C#CC1=CC=CC2C(=C1)C=C(c1ccccc1)C2(C#N)C#N)(C(C)C)C(C)C. The summed E-state index contributed by atoms with van der Waals surface area (Å²) >= 11 is 0. The van der Waals surface area contributed by atoms with Crippen molar-refractivity contribution in [3.05, 3.63) is 77.4 Å². The molecule has 0 amide bonds. The van der Waals surface area contributed by atoms with Crippen LogP contribution in [-0.4, -0.2) is 8.07 Å². The summed E-state index contributed by atoms with van der Waals surface area (Å²) in [6, 6.07) is 14.5. The van der Waals surface area contributed by atoms with E-state index < -0.39 is 13.5 Å². The molecule has 0 saturated heterocycles. The zero-order valence-corrected chi connectivity index (χ0v) is 21.0. The van der Waals surface area contributed by atoms with Gasteiger partial charge in [0.2, 0.25) is 0 Å². The third-order valence-corrected chi connectivity index (χ3v) is 13.5. The highest BCUT2D eigenvalue weighted by Gasteiger charge is 2.48. The first kappa shape index (κ1) is 23.6. The normalized spacial score (nSPS) is 19.2. The highest BCUT2D eigenvalue weighted by Crippen LogP contribution is 2.52. The van der Waals surface area contributed by atoms with Crippen LogP contribution in [0.15, 0.2) is 71.9 Å². The Morgan fingerprint density at radius 3 is 2.00 bits per heavy atom. The molecule has 0 heterocycles. The molecule has 162 valence electrons. The number of hydrogen-bond donors (Lipinski definition) is 0. The summed E-state index contributed by atoms with van der Waals surface area (Å²) in [5.41, 5.74) is 7.89. The molecule has 3 rings (SSSR count). The Morgan fingerprint density at radius 2 is 1.47 bits per heavy atom. The van der Waals surface area contributed by atoms with Crippen molar-refractivity contribution in [2.75, 3.05) is 0 Å². The van der Waals surface area contributed by atoms with E-state index in [-0.39, 0.29) is 5.92 Å². The molecule has 0 saturated carbocycles. The van der Waals surface area contributed by atoms with Crippen molar-refractivity contribution in [1.82, 2.24) is 0 Å². The number of nitrogens with zero attached hydrogens (tertiary/aromatic N) is 2. The van der Waals surface area contributed by atoms with E-state index in [1.807, 2.05) is 54.6 Å². The maximum Gasteiger partial charge on any atom is 0.179 e. The standard InChI is InChI=1S/C29H32N2Si/c1-21(2)32(22(3)4,23(5)6)16-15-24-11-10-14-27-26(17-24)18-28(29(27,19-30)20-31)25-12-8-7-9-13-25/h7-14,17-18,21-23,27H,1-6H3. The first-order valence-electron chi connectivity index (χ1n) is 11.5. The molecular formula is C29H32N2Si. The fourth-order valence-corrected chi connectivity index (χ4v) is 10.8. The summed E-state index contributed by atoms with van der Waals surface area (Å²) in [5, 5.41) is 20.2. The monoisotopic (exact) mass is 436 g/mol. The van der Waals surface area contributed by atoms with Crippen molar-refractivity contribution in [2.24, 2.45) is 11.3 Å². The van der Waals surface area contributed by atoms with Gasteiger partial charge in [0, 0.05) is 11.5 Å². The molecule has 0 radical (unpaired) electrons. The van der Waals surface area contributed by atoms with Gasteiger partial charge in [0.15, 0.2) is 5.41 Å². The van der Waals surface area contributed by atoms with E-state index in [0.29, 0.717) is 16.6 Å². The number of hydrogen-bond acceptors (Lipinski definition) is 2. The van der Waals surface area contributed by atoms with E-state index in [0.717, 1.165) is 22.3 Å². The van der Waals surface area contributed by atoms with Crippen molar-refractivity contribution >= 4 is 13.6 Å². The molecule has 2 aliphatic rings. The van der Waals surface area contributed by atoms with Gasteiger partial charge in [0.1, 0.15) is 8.07 Å². The molecule has 1 unspecified atom stereocenters. The first-order valence-corrected chi connectivity index (χ1v) is 13.7. The van der Waals surface area contributed by atoms with Gasteiger partial charge in [-0.1, -0.05) is 96.0 Å². The van der Waals surface area contributed by atoms with Crippen molar-refractivity contribution in [3.8, 4) is 23.6 Å². The Morgan fingerprint density at radius 1 is 0.875 bits per heavy atom. The summed E-state index contributed by atoms with van der Waals surface area (Å²) in [5.74, 6) is 3.23. The number of rotatable bonds is 4. The van der Waals surface area contributed by atoms with Crippen LogP contribution in [0.1, 0.15) is 47.1 Å². The van der Waals surface area contributed by atoms with Crippen molar-refractivity contribution in [2.45, 2.75) is 58.2 Å². The highest BCUT2D eigenvalue weighted by atomic mass is 28.3. The molecule has 0 fully saturated rings. The third-order valence-electron chi connectivity index (χ3n) is 7.19. The third kappa shape index (κ3) is 3.81. The van der Waals surface area contributed by atoms with Gasteiger partial charge in [-0.25, -0.2) is 0 Å². The topological polar surface area (TPSA) is 47.6 Å². The molecule has 0 N–H and O–H groups in total. The Kier molecular flexibility index (Phi) is 6.78. The average Bonchev–Trinajstić information content (AvgIpc) is 2.92. The van der Waals surface area contributed by atoms with E-state index in [1.54, 1.807) is 0 Å².